The number of esters is 1. The molecule has 3 fully saturated rings. The summed E-state index contributed by atoms with van der Waals surface area (Å²) >= 11 is 0. The minimum atomic E-state index is -0.392. The standard InChI is InChI=1S/C27H27N7O5/c35-24-22-6-5-19(11-17(22)14-39-24)29-27(36)28-18-3-1-16(2-4-18)23-30-25(33-7-9-37-10-8-33)32-26(31-23)34-13-21-12-20(34)15-38-21/h1-6,11,20-21H,7-10,12-15H2,(H2,28,29,36). The number of aromatic nitrogens is 3. The third-order valence-corrected chi connectivity index (χ3v) is 7.41. The Morgan fingerprint density at radius 2 is 1.72 bits per heavy atom. The largest absolute Gasteiger partial charge is 0.457 e. The molecule has 0 saturated carbocycles. The number of carbonyl (C=O) groups excluding carboxylic acids is 2. The molecule has 2 unspecified atom stereocenters. The van der Waals surface area contributed by atoms with Crippen molar-refractivity contribution in [2.45, 2.75) is 25.2 Å². The highest BCUT2D eigenvalue weighted by molar-refractivity contribution is 6.01. The summed E-state index contributed by atoms with van der Waals surface area (Å²) in [7, 11) is 0. The molecule has 200 valence electrons. The van der Waals surface area contributed by atoms with E-state index < -0.39 is 6.03 Å². The highest BCUT2D eigenvalue weighted by atomic mass is 16.5. The summed E-state index contributed by atoms with van der Waals surface area (Å²) in [6.45, 7) is 4.41. The first-order valence-corrected chi connectivity index (χ1v) is 13.0. The third kappa shape index (κ3) is 4.72. The van der Waals surface area contributed by atoms with Gasteiger partial charge in [0.15, 0.2) is 5.82 Å². The van der Waals surface area contributed by atoms with Crippen molar-refractivity contribution >= 4 is 35.3 Å². The number of cyclic esters (lactones) is 1. The summed E-state index contributed by atoms with van der Waals surface area (Å²) in [6, 6.07) is 12.4. The Bertz CT molecular complexity index is 1430. The highest BCUT2D eigenvalue weighted by Crippen LogP contribution is 2.32. The second kappa shape index (κ2) is 9.79. The van der Waals surface area contributed by atoms with Gasteiger partial charge in [-0.25, -0.2) is 9.59 Å². The Labute approximate surface area is 224 Å². The minimum absolute atomic E-state index is 0.214. The average molecular weight is 530 g/mol. The first-order valence-electron chi connectivity index (χ1n) is 13.0. The van der Waals surface area contributed by atoms with Gasteiger partial charge in [0.1, 0.15) is 6.61 Å². The van der Waals surface area contributed by atoms with Gasteiger partial charge >= 0.3 is 12.0 Å². The second-order valence-corrected chi connectivity index (χ2v) is 9.96. The molecule has 2 aromatic carbocycles. The molecule has 7 rings (SSSR count). The zero-order valence-electron chi connectivity index (χ0n) is 21.1. The summed E-state index contributed by atoms with van der Waals surface area (Å²) in [5.74, 6) is 1.55. The number of rotatable bonds is 5. The van der Waals surface area contributed by atoms with E-state index in [1.165, 1.54) is 0 Å². The van der Waals surface area contributed by atoms with E-state index in [0.717, 1.165) is 37.2 Å². The Hall–Kier alpha value is -4.29. The molecule has 12 nitrogen and oxygen atoms in total. The van der Waals surface area contributed by atoms with Gasteiger partial charge in [-0.15, -0.1) is 0 Å². The van der Waals surface area contributed by atoms with Gasteiger partial charge in [-0.1, -0.05) is 0 Å². The quantitative estimate of drug-likeness (QED) is 0.476. The number of hydrogen-bond donors (Lipinski definition) is 2. The molecule has 3 saturated heterocycles. The van der Waals surface area contributed by atoms with Gasteiger partial charge in [-0.2, -0.15) is 15.0 Å². The van der Waals surface area contributed by atoms with Crippen LogP contribution in [0.4, 0.5) is 28.1 Å². The van der Waals surface area contributed by atoms with Crippen molar-refractivity contribution < 1.29 is 23.8 Å². The van der Waals surface area contributed by atoms with Crippen LogP contribution in [0.15, 0.2) is 42.5 Å². The lowest BCUT2D eigenvalue weighted by Gasteiger charge is -2.30. The number of amides is 2. The maximum atomic E-state index is 12.6. The minimum Gasteiger partial charge on any atom is -0.457 e. The van der Waals surface area contributed by atoms with E-state index in [0.29, 0.717) is 54.5 Å². The van der Waals surface area contributed by atoms with Crippen LogP contribution in [0, 0.1) is 0 Å². The Kier molecular flexibility index (Phi) is 5.97. The molecule has 0 radical (unpaired) electrons. The van der Waals surface area contributed by atoms with Gasteiger partial charge in [-0.05, 0) is 48.9 Å². The first-order chi connectivity index (χ1) is 19.1. The summed E-state index contributed by atoms with van der Waals surface area (Å²) in [5.41, 5.74) is 3.30. The average Bonchev–Trinajstić information content (AvgIpc) is 3.70. The van der Waals surface area contributed by atoms with E-state index in [1.807, 2.05) is 24.3 Å². The van der Waals surface area contributed by atoms with E-state index in [1.54, 1.807) is 18.2 Å². The fraction of sp³-hybridized carbons (Fsp3) is 0.370. The fourth-order valence-corrected chi connectivity index (χ4v) is 5.37. The topological polar surface area (TPSA) is 131 Å². The van der Waals surface area contributed by atoms with E-state index in [9.17, 15) is 9.59 Å². The smallest absolute Gasteiger partial charge is 0.338 e. The molecule has 2 N–H and O–H groups in total. The summed E-state index contributed by atoms with van der Waals surface area (Å²) in [6.07, 6.45) is 1.22. The molecule has 4 aliphatic heterocycles. The third-order valence-electron chi connectivity index (χ3n) is 7.41. The van der Waals surface area contributed by atoms with Gasteiger partial charge in [0.25, 0.3) is 0 Å². The van der Waals surface area contributed by atoms with Gasteiger partial charge in [0.05, 0.1) is 37.5 Å². The SMILES string of the molecule is O=C(Nc1ccc(-c2nc(N3CCOCC3)nc(N3CC4CC3CO4)n2)cc1)Nc1ccc2c(c1)COC2=O. The number of anilines is 4. The number of benzene rings is 2. The van der Waals surface area contributed by atoms with Crippen LogP contribution in [0.5, 0.6) is 0 Å². The monoisotopic (exact) mass is 529 g/mol. The molecule has 3 aromatic rings. The van der Waals surface area contributed by atoms with Crippen LogP contribution in [-0.4, -0.2) is 78.6 Å². The Morgan fingerprint density at radius 1 is 0.949 bits per heavy atom. The van der Waals surface area contributed by atoms with Gasteiger partial charge in [-0.3, -0.25) is 0 Å². The van der Waals surface area contributed by atoms with Gasteiger partial charge in [0.2, 0.25) is 11.9 Å². The van der Waals surface area contributed by atoms with Crippen LogP contribution >= 0.6 is 0 Å². The van der Waals surface area contributed by atoms with Crippen LogP contribution in [0.2, 0.25) is 0 Å². The molecular formula is C27H27N7O5. The zero-order valence-corrected chi connectivity index (χ0v) is 21.1. The lowest BCUT2D eigenvalue weighted by atomic mass is 10.1. The van der Waals surface area contributed by atoms with Crippen LogP contribution in [0.1, 0.15) is 22.3 Å². The first kappa shape index (κ1) is 23.8. The number of carbonyl (C=O) groups is 2. The van der Waals surface area contributed by atoms with Gasteiger partial charge in [0, 0.05) is 42.1 Å². The van der Waals surface area contributed by atoms with Crippen molar-refractivity contribution in [1.82, 2.24) is 15.0 Å². The Balaban J connectivity index is 1.09. The molecule has 2 amide bonds. The molecule has 1 aromatic heterocycles. The molecule has 5 heterocycles. The molecule has 2 bridgehead atoms. The van der Waals surface area contributed by atoms with Crippen molar-refractivity contribution in [3.63, 3.8) is 0 Å². The number of urea groups is 1. The summed E-state index contributed by atoms with van der Waals surface area (Å²) < 4.78 is 16.3. The predicted octanol–water partition coefficient (Wildman–Crippen LogP) is 2.67. The van der Waals surface area contributed by atoms with E-state index >= 15 is 0 Å². The zero-order chi connectivity index (χ0) is 26.3. The van der Waals surface area contributed by atoms with Crippen molar-refractivity contribution in [2.24, 2.45) is 0 Å². The van der Waals surface area contributed by atoms with Crippen molar-refractivity contribution in [3.8, 4) is 11.4 Å². The maximum Gasteiger partial charge on any atom is 0.338 e. The number of nitrogens with one attached hydrogen (secondary N) is 2. The second-order valence-electron chi connectivity index (χ2n) is 9.96. The van der Waals surface area contributed by atoms with Gasteiger partial charge < -0.3 is 34.6 Å². The number of morpholine rings is 2. The maximum absolute atomic E-state index is 12.6. The number of hydrogen-bond acceptors (Lipinski definition) is 10. The summed E-state index contributed by atoms with van der Waals surface area (Å²) in [4.78, 5) is 43.0. The molecular weight excluding hydrogens is 502 g/mol. The van der Waals surface area contributed by atoms with Crippen molar-refractivity contribution in [1.29, 1.82) is 0 Å². The van der Waals surface area contributed by atoms with Crippen molar-refractivity contribution in [3.05, 3.63) is 53.6 Å². The Morgan fingerprint density at radius 3 is 2.49 bits per heavy atom. The van der Waals surface area contributed by atoms with E-state index in [4.69, 9.17) is 29.2 Å². The number of fused-ring (bicyclic) bond motifs is 3. The molecule has 4 aliphatic rings. The van der Waals surface area contributed by atoms with Crippen LogP contribution in [0.3, 0.4) is 0 Å². The number of ether oxygens (including phenoxy) is 3. The lowest BCUT2D eigenvalue weighted by Crippen LogP contribution is -2.40. The van der Waals surface area contributed by atoms with E-state index in [-0.39, 0.29) is 24.7 Å². The lowest BCUT2D eigenvalue weighted by molar-refractivity contribution is 0.0535. The van der Waals surface area contributed by atoms with Crippen molar-refractivity contribution in [2.75, 3.05) is 59.9 Å². The van der Waals surface area contributed by atoms with E-state index in [2.05, 4.69) is 20.4 Å². The summed E-state index contributed by atoms with van der Waals surface area (Å²) in [5, 5.41) is 5.63. The molecule has 0 spiro atoms. The van der Waals surface area contributed by atoms with Crippen LogP contribution in [-0.2, 0) is 20.8 Å². The normalized spacial score (nSPS) is 21.6. The van der Waals surface area contributed by atoms with Crippen LogP contribution in [0.25, 0.3) is 11.4 Å². The highest BCUT2D eigenvalue weighted by Gasteiger charge is 2.40. The molecule has 39 heavy (non-hydrogen) atoms. The predicted molar refractivity (Wildman–Crippen MR) is 142 cm³/mol. The fourth-order valence-electron chi connectivity index (χ4n) is 5.37. The molecule has 12 heteroatoms. The molecule has 0 aliphatic carbocycles. The molecule has 2 atom stereocenters. The number of nitrogens with zero attached hydrogens (tertiary/aromatic N) is 5. The van der Waals surface area contributed by atoms with Crippen LogP contribution < -0.4 is 20.4 Å².